The molecule has 0 saturated heterocycles. The number of rotatable bonds is 3. The minimum atomic E-state index is -0.766. The number of benzene rings is 2. The predicted molar refractivity (Wildman–Crippen MR) is 116 cm³/mol. The molecule has 1 aromatic heterocycles. The largest absolute Gasteiger partial charge is 0.489 e. The van der Waals surface area contributed by atoms with Gasteiger partial charge in [-0.2, -0.15) is 10.4 Å². The summed E-state index contributed by atoms with van der Waals surface area (Å²) in [5.41, 5.74) is 2.93. The van der Waals surface area contributed by atoms with E-state index in [0.717, 1.165) is 5.56 Å². The van der Waals surface area contributed by atoms with Gasteiger partial charge in [-0.05, 0) is 24.1 Å². The van der Waals surface area contributed by atoms with E-state index in [-0.39, 0.29) is 24.1 Å². The highest BCUT2D eigenvalue weighted by Crippen LogP contribution is 2.32. The minimum Gasteiger partial charge on any atom is -0.489 e. The summed E-state index contributed by atoms with van der Waals surface area (Å²) in [7, 11) is 1.69. The number of para-hydroxylation sites is 2. The fraction of sp³-hybridized carbons (Fsp3) is 0.250. The van der Waals surface area contributed by atoms with E-state index in [1.54, 1.807) is 11.7 Å². The van der Waals surface area contributed by atoms with Gasteiger partial charge in [0, 0.05) is 19.2 Å². The van der Waals surface area contributed by atoms with Crippen LogP contribution in [-0.4, -0.2) is 52.7 Å². The van der Waals surface area contributed by atoms with Crippen molar-refractivity contribution in [2.45, 2.75) is 19.0 Å². The lowest BCUT2D eigenvalue weighted by Gasteiger charge is -2.33. The average molecular weight is 427 g/mol. The van der Waals surface area contributed by atoms with Crippen molar-refractivity contribution in [3.63, 3.8) is 0 Å². The zero-order valence-electron chi connectivity index (χ0n) is 17.6. The van der Waals surface area contributed by atoms with Gasteiger partial charge in [-0.3, -0.25) is 9.59 Å². The molecule has 8 nitrogen and oxygen atoms in total. The Hall–Kier alpha value is -4.12. The zero-order chi connectivity index (χ0) is 22.2. The van der Waals surface area contributed by atoms with Crippen molar-refractivity contribution < 1.29 is 14.3 Å². The molecule has 0 saturated carbocycles. The third-order valence-electron chi connectivity index (χ3n) is 6.01. The van der Waals surface area contributed by atoms with Crippen LogP contribution in [-0.2, 0) is 17.8 Å². The maximum Gasteiger partial charge on any atom is 0.275 e. The topological polar surface area (TPSA) is 91.5 Å². The summed E-state index contributed by atoms with van der Waals surface area (Å²) >= 11 is 0. The number of hydrogen-bond acceptors (Lipinski definition) is 5. The van der Waals surface area contributed by atoms with Crippen molar-refractivity contribution in [1.82, 2.24) is 14.7 Å². The Balaban J connectivity index is 1.45. The van der Waals surface area contributed by atoms with Gasteiger partial charge in [0.25, 0.3) is 11.8 Å². The van der Waals surface area contributed by atoms with E-state index >= 15 is 0 Å². The molecule has 2 aromatic carbocycles. The van der Waals surface area contributed by atoms with Crippen LogP contribution >= 0.6 is 0 Å². The summed E-state index contributed by atoms with van der Waals surface area (Å²) in [5, 5.41) is 14.2. The maximum absolute atomic E-state index is 13.4. The van der Waals surface area contributed by atoms with Crippen LogP contribution < -0.4 is 9.64 Å². The Kier molecular flexibility index (Phi) is 4.86. The molecule has 32 heavy (non-hydrogen) atoms. The minimum absolute atomic E-state index is 0.0666. The van der Waals surface area contributed by atoms with E-state index in [9.17, 15) is 14.9 Å². The average Bonchev–Trinajstić information content (AvgIpc) is 3.12. The van der Waals surface area contributed by atoms with Gasteiger partial charge < -0.3 is 14.5 Å². The SMILES string of the molecule is CN1C(=O)[C@@H](N2CCc3c(nn(Cc4ccccc4)c3C#N)C2=O)COc2ccccc21. The Labute approximate surface area is 185 Å². The second-order valence-corrected chi connectivity index (χ2v) is 7.87. The van der Waals surface area contributed by atoms with Gasteiger partial charge in [0.05, 0.1) is 12.2 Å². The number of amides is 2. The number of fused-ring (bicyclic) bond motifs is 2. The van der Waals surface area contributed by atoms with Crippen molar-refractivity contribution in [3.8, 4) is 11.8 Å². The van der Waals surface area contributed by atoms with Gasteiger partial charge in [-0.15, -0.1) is 0 Å². The summed E-state index contributed by atoms with van der Waals surface area (Å²) in [6.07, 6.45) is 0.458. The Morgan fingerprint density at radius 3 is 2.66 bits per heavy atom. The first-order valence-electron chi connectivity index (χ1n) is 10.4. The van der Waals surface area contributed by atoms with Gasteiger partial charge in [0.1, 0.15) is 30.2 Å². The molecule has 2 aliphatic rings. The normalized spacial score (nSPS) is 17.8. The highest BCUT2D eigenvalue weighted by atomic mass is 16.5. The van der Waals surface area contributed by atoms with Gasteiger partial charge in [0.2, 0.25) is 0 Å². The standard InChI is InChI=1S/C24H21N5O3/c1-27-18-9-5-6-10-21(18)32-15-20(23(27)30)28-12-11-17-19(13-25)29(26-22(17)24(28)31)14-16-7-3-2-4-8-16/h2-10,20H,11-12,14-15H2,1H3/t20-/m0/s1. The van der Waals surface area contributed by atoms with Crippen LogP contribution in [0.2, 0.25) is 0 Å². The van der Waals surface area contributed by atoms with E-state index in [1.807, 2.05) is 54.6 Å². The van der Waals surface area contributed by atoms with Crippen LogP contribution in [0.1, 0.15) is 27.3 Å². The van der Waals surface area contributed by atoms with Crippen LogP contribution in [0.4, 0.5) is 5.69 Å². The fourth-order valence-electron chi connectivity index (χ4n) is 4.33. The molecule has 3 heterocycles. The van der Waals surface area contributed by atoms with Crippen LogP contribution in [0.5, 0.6) is 5.75 Å². The Morgan fingerprint density at radius 2 is 1.88 bits per heavy atom. The molecule has 8 heteroatoms. The molecule has 0 unspecified atom stereocenters. The first kappa shape index (κ1) is 19.8. The molecular weight excluding hydrogens is 406 g/mol. The first-order chi connectivity index (χ1) is 15.6. The Bertz CT molecular complexity index is 1240. The monoisotopic (exact) mass is 427 g/mol. The van der Waals surface area contributed by atoms with Crippen molar-refractivity contribution in [2.24, 2.45) is 0 Å². The third kappa shape index (κ3) is 3.19. The highest BCUT2D eigenvalue weighted by Gasteiger charge is 2.40. The lowest BCUT2D eigenvalue weighted by atomic mass is 10.0. The number of anilines is 1. The maximum atomic E-state index is 13.4. The predicted octanol–water partition coefficient (Wildman–Crippen LogP) is 2.23. The summed E-state index contributed by atoms with van der Waals surface area (Å²) in [4.78, 5) is 29.7. The number of hydrogen-bond donors (Lipinski definition) is 0. The van der Waals surface area contributed by atoms with Crippen LogP contribution in [0.25, 0.3) is 0 Å². The van der Waals surface area contributed by atoms with E-state index in [1.165, 1.54) is 9.80 Å². The van der Waals surface area contributed by atoms with Crippen LogP contribution in [0.3, 0.4) is 0 Å². The quantitative estimate of drug-likeness (QED) is 0.639. The lowest BCUT2D eigenvalue weighted by molar-refractivity contribution is -0.123. The number of aromatic nitrogens is 2. The molecule has 0 bridgehead atoms. The molecule has 2 aliphatic heterocycles. The summed E-state index contributed by atoms with van der Waals surface area (Å²) in [6, 6.07) is 18.4. The Morgan fingerprint density at radius 1 is 1.12 bits per heavy atom. The second kappa shape index (κ2) is 7.85. The second-order valence-electron chi connectivity index (χ2n) is 7.87. The number of nitrogens with zero attached hydrogens (tertiary/aromatic N) is 5. The molecule has 0 fully saturated rings. The zero-order valence-corrected chi connectivity index (χ0v) is 17.6. The number of ether oxygens (including phenoxy) is 1. The molecule has 160 valence electrons. The molecule has 0 spiro atoms. The van der Waals surface area contributed by atoms with Crippen molar-refractivity contribution >= 4 is 17.5 Å². The van der Waals surface area contributed by atoms with Crippen LogP contribution in [0, 0.1) is 11.3 Å². The van der Waals surface area contributed by atoms with Gasteiger partial charge >= 0.3 is 0 Å². The third-order valence-corrected chi connectivity index (χ3v) is 6.01. The molecule has 3 aromatic rings. The van der Waals surface area contributed by atoms with Gasteiger partial charge in [-0.25, -0.2) is 4.68 Å². The lowest BCUT2D eigenvalue weighted by Crippen LogP contribution is -2.54. The molecule has 1 atom stereocenters. The number of carbonyl (C=O) groups excluding carboxylic acids is 2. The summed E-state index contributed by atoms with van der Waals surface area (Å²) in [5.74, 6) is 0.0433. The van der Waals surface area contributed by atoms with E-state index in [0.29, 0.717) is 42.2 Å². The number of carbonyl (C=O) groups is 2. The summed E-state index contributed by atoms with van der Waals surface area (Å²) in [6.45, 7) is 0.784. The first-order valence-corrected chi connectivity index (χ1v) is 10.4. The van der Waals surface area contributed by atoms with Gasteiger partial charge in [0.15, 0.2) is 5.69 Å². The molecule has 0 N–H and O–H groups in total. The highest BCUT2D eigenvalue weighted by molar-refractivity contribution is 6.03. The molecule has 0 radical (unpaired) electrons. The van der Waals surface area contributed by atoms with Gasteiger partial charge in [-0.1, -0.05) is 42.5 Å². The molecular formula is C24H21N5O3. The van der Waals surface area contributed by atoms with Crippen molar-refractivity contribution in [3.05, 3.63) is 77.1 Å². The van der Waals surface area contributed by atoms with Crippen molar-refractivity contribution in [1.29, 1.82) is 5.26 Å². The van der Waals surface area contributed by atoms with Crippen LogP contribution in [0.15, 0.2) is 54.6 Å². The fourth-order valence-corrected chi connectivity index (χ4v) is 4.33. The van der Waals surface area contributed by atoms with E-state index in [4.69, 9.17) is 4.74 Å². The molecule has 2 amide bonds. The molecule has 5 rings (SSSR count). The molecule has 0 aliphatic carbocycles. The number of likely N-dealkylation sites (N-methyl/N-ethyl adjacent to an activating group) is 1. The number of nitriles is 1. The van der Waals surface area contributed by atoms with Crippen molar-refractivity contribution in [2.75, 3.05) is 25.1 Å². The summed E-state index contributed by atoms with van der Waals surface area (Å²) < 4.78 is 7.46. The van der Waals surface area contributed by atoms with E-state index in [2.05, 4.69) is 11.2 Å². The smallest absolute Gasteiger partial charge is 0.275 e. The van der Waals surface area contributed by atoms with E-state index < -0.39 is 6.04 Å².